The minimum Gasteiger partial charge on any atom is -0.290 e. The zero-order valence-corrected chi connectivity index (χ0v) is 20.7. The summed E-state index contributed by atoms with van der Waals surface area (Å²) in [6.45, 7) is 12.5. The van der Waals surface area contributed by atoms with Crippen LogP contribution in [0.3, 0.4) is 0 Å². The van der Waals surface area contributed by atoms with Crippen LogP contribution in [0, 0.1) is 10.1 Å². The number of hydrogen-bond donors (Lipinski definition) is 1. The molecule has 0 aliphatic carbocycles. The Balaban J connectivity index is 1.81. The number of hydrogen-bond acceptors (Lipinski definition) is 7. The molecule has 1 N–H and O–H groups in total. The molecule has 0 aliphatic heterocycles. The molecule has 9 nitrogen and oxygen atoms in total. The summed E-state index contributed by atoms with van der Waals surface area (Å²) in [6.07, 6.45) is 1.74. The molecule has 3 aromatic heterocycles. The Hall–Kier alpha value is -3.66. The fourth-order valence-corrected chi connectivity index (χ4v) is 4.23. The van der Waals surface area contributed by atoms with Gasteiger partial charge in [0.25, 0.3) is 5.91 Å². The number of fused-ring (bicyclic) bond motifs is 1. The van der Waals surface area contributed by atoms with Crippen LogP contribution in [0.1, 0.15) is 56.8 Å². The normalized spacial score (nSPS) is 12.2. The molecule has 3 heterocycles. The lowest BCUT2D eigenvalue weighted by Gasteiger charge is -2.20. The zero-order chi connectivity index (χ0) is 24.8. The molecule has 1 amide bonds. The van der Waals surface area contributed by atoms with Crippen LogP contribution >= 0.6 is 11.3 Å². The van der Waals surface area contributed by atoms with Crippen LogP contribution in [-0.4, -0.2) is 30.6 Å². The molecule has 176 valence electrons. The first kappa shape index (κ1) is 23.5. The molecule has 0 radical (unpaired) electrons. The molecule has 0 bridgehead atoms. The number of benzene rings is 1. The number of carbonyl (C=O) groups is 1. The second-order valence-corrected chi connectivity index (χ2v) is 11.1. The SMILES string of the molecule is CC(C)(C)c1ccc(-c2nc(NC(=O)c3ccc([N+](=O)[O-])s3)nc3c2cnn3C(C)(C)C)cc1. The monoisotopic (exact) mass is 478 g/mol. The lowest BCUT2D eigenvalue weighted by atomic mass is 9.86. The summed E-state index contributed by atoms with van der Waals surface area (Å²) in [6, 6.07) is 10.9. The third-order valence-corrected chi connectivity index (χ3v) is 6.34. The van der Waals surface area contributed by atoms with E-state index in [1.165, 1.54) is 17.7 Å². The number of thiophene rings is 1. The number of aromatic nitrogens is 4. The number of anilines is 1. The van der Waals surface area contributed by atoms with Crippen molar-refractivity contribution < 1.29 is 9.72 Å². The minimum atomic E-state index is -0.523. The molecule has 0 aliphatic rings. The van der Waals surface area contributed by atoms with Crippen molar-refractivity contribution in [2.24, 2.45) is 0 Å². The summed E-state index contributed by atoms with van der Waals surface area (Å²) in [4.78, 5) is 32.7. The van der Waals surface area contributed by atoms with Crippen LogP contribution in [0.2, 0.25) is 0 Å². The van der Waals surface area contributed by atoms with E-state index in [4.69, 9.17) is 0 Å². The summed E-state index contributed by atoms with van der Waals surface area (Å²) in [5.41, 5.74) is 2.97. The Morgan fingerprint density at radius 2 is 1.71 bits per heavy atom. The van der Waals surface area contributed by atoms with E-state index in [0.29, 0.717) is 11.3 Å². The largest absolute Gasteiger partial charge is 0.324 e. The molecule has 0 spiro atoms. The maximum Gasteiger partial charge on any atom is 0.324 e. The van der Waals surface area contributed by atoms with E-state index in [-0.39, 0.29) is 26.8 Å². The third kappa shape index (κ3) is 4.54. The van der Waals surface area contributed by atoms with Crippen molar-refractivity contribution in [3.05, 3.63) is 63.1 Å². The van der Waals surface area contributed by atoms with Crippen molar-refractivity contribution >= 4 is 39.2 Å². The van der Waals surface area contributed by atoms with E-state index in [0.717, 1.165) is 22.3 Å². The minimum absolute atomic E-state index is 0.0130. The highest BCUT2D eigenvalue weighted by Crippen LogP contribution is 2.32. The number of nitro groups is 1. The van der Waals surface area contributed by atoms with Gasteiger partial charge in [0.15, 0.2) is 5.65 Å². The fraction of sp³-hybridized carbons (Fsp3) is 0.333. The van der Waals surface area contributed by atoms with Crippen LogP contribution in [0.15, 0.2) is 42.6 Å². The first-order valence-corrected chi connectivity index (χ1v) is 11.6. The number of carbonyl (C=O) groups excluding carboxylic acids is 1. The Morgan fingerprint density at radius 1 is 1.03 bits per heavy atom. The van der Waals surface area contributed by atoms with Crippen LogP contribution in [-0.2, 0) is 11.0 Å². The Bertz CT molecular complexity index is 1390. The number of amides is 1. The van der Waals surface area contributed by atoms with E-state index in [1.807, 2.05) is 32.9 Å². The Morgan fingerprint density at radius 3 is 2.26 bits per heavy atom. The van der Waals surface area contributed by atoms with Gasteiger partial charge in [0.05, 0.1) is 32.6 Å². The van der Waals surface area contributed by atoms with Crippen molar-refractivity contribution in [2.75, 3.05) is 5.32 Å². The van der Waals surface area contributed by atoms with E-state index < -0.39 is 10.8 Å². The number of rotatable bonds is 4. The molecular formula is C24H26N6O3S. The summed E-state index contributed by atoms with van der Waals surface area (Å²) >= 11 is 0.801. The maximum atomic E-state index is 12.8. The third-order valence-electron chi connectivity index (χ3n) is 5.31. The van der Waals surface area contributed by atoms with Gasteiger partial charge in [-0.05, 0) is 37.8 Å². The van der Waals surface area contributed by atoms with Gasteiger partial charge in [-0.25, -0.2) is 9.67 Å². The first-order valence-electron chi connectivity index (χ1n) is 10.8. The predicted octanol–water partition coefficient (Wildman–Crippen LogP) is 5.77. The molecule has 0 unspecified atom stereocenters. The van der Waals surface area contributed by atoms with Crippen LogP contribution in [0.4, 0.5) is 10.9 Å². The first-order chi connectivity index (χ1) is 15.8. The smallest absolute Gasteiger partial charge is 0.290 e. The van der Waals surface area contributed by atoms with Gasteiger partial charge in [0, 0.05) is 11.6 Å². The highest BCUT2D eigenvalue weighted by atomic mass is 32.1. The van der Waals surface area contributed by atoms with Crippen molar-refractivity contribution in [3.8, 4) is 11.3 Å². The van der Waals surface area contributed by atoms with Gasteiger partial charge < -0.3 is 0 Å². The quantitative estimate of drug-likeness (QED) is 0.294. The van der Waals surface area contributed by atoms with E-state index >= 15 is 0 Å². The topological polar surface area (TPSA) is 116 Å². The number of nitrogens with one attached hydrogen (secondary N) is 1. The summed E-state index contributed by atoms with van der Waals surface area (Å²) < 4.78 is 1.79. The fourth-order valence-electron chi connectivity index (χ4n) is 3.51. The van der Waals surface area contributed by atoms with Gasteiger partial charge in [-0.2, -0.15) is 10.1 Å². The Labute approximate surface area is 201 Å². The molecule has 0 atom stereocenters. The van der Waals surface area contributed by atoms with Crippen molar-refractivity contribution in [2.45, 2.75) is 52.5 Å². The summed E-state index contributed by atoms with van der Waals surface area (Å²) in [7, 11) is 0. The van der Waals surface area contributed by atoms with Crippen LogP contribution < -0.4 is 5.32 Å². The maximum absolute atomic E-state index is 12.8. The van der Waals surface area contributed by atoms with Crippen LogP contribution in [0.25, 0.3) is 22.3 Å². The van der Waals surface area contributed by atoms with Gasteiger partial charge in [-0.3, -0.25) is 20.2 Å². The standard InChI is InChI=1S/C24H26N6O3S/c1-23(2,3)15-9-7-14(8-10-15)19-16-13-25-29(24(4,5)6)20(16)27-22(26-19)28-21(31)17-11-12-18(34-17)30(32)33/h7-13H,1-6H3,(H,26,27,28,31). The molecule has 4 aromatic rings. The van der Waals surface area contributed by atoms with E-state index in [2.05, 4.69) is 53.3 Å². The van der Waals surface area contributed by atoms with Gasteiger partial charge in [-0.1, -0.05) is 56.4 Å². The average Bonchev–Trinajstić information content (AvgIpc) is 3.40. The molecule has 4 rings (SSSR count). The highest BCUT2D eigenvalue weighted by molar-refractivity contribution is 7.17. The van der Waals surface area contributed by atoms with Gasteiger partial charge in [0.2, 0.25) is 5.95 Å². The van der Waals surface area contributed by atoms with Crippen molar-refractivity contribution in [3.63, 3.8) is 0 Å². The van der Waals surface area contributed by atoms with Crippen molar-refractivity contribution in [1.82, 2.24) is 19.7 Å². The predicted molar refractivity (Wildman–Crippen MR) is 133 cm³/mol. The lowest BCUT2D eigenvalue weighted by molar-refractivity contribution is -0.380. The van der Waals surface area contributed by atoms with Crippen LogP contribution in [0.5, 0.6) is 0 Å². The van der Waals surface area contributed by atoms with E-state index in [9.17, 15) is 14.9 Å². The molecule has 0 fully saturated rings. The molecule has 10 heteroatoms. The van der Waals surface area contributed by atoms with Crippen molar-refractivity contribution in [1.29, 1.82) is 0 Å². The Kier molecular flexibility index (Phi) is 5.72. The van der Waals surface area contributed by atoms with Gasteiger partial charge in [-0.15, -0.1) is 0 Å². The second-order valence-electron chi connectivity index (χ2n) is 10.0. The van der Waals surface area contributed by atoms with E-state index in [1.54, 1.807) is 10.9 Å². The molecular weight excluding hydrogens is 452 g/mol. The average molecular weight is 479 g/mol. The van der Waals surface area contributed by atoms with Gasteiger partial charge >= 0.3 is 5.00 Å². The number of nitrogens with zero attached hydrogens (tertiary/aromatic N) is 5. The van der Waals surface area contributed by atoms with Gasteiger partial charge in [0.1, 0.15) is 0 Å². The lowest BCUT2D eigenvalue weighted by Crippen LogP contribution is -2.23. The molecule has 1 aromatic carbocycles. The zero-order valence-electron chi connectivity index (χ0n) is 19.9. The second kappa shape index (κ2) is 8.28. The highest BCUT2D eigenvalue weighted by Gasteiger charge is 2.23. The summed E-state index contributed by atoms with van der Waals surface area (Å²) in [5.74, 6) is -0.400. The molecule has 0 saturated carbocycles. The molecule has 34 heavy (non-hydrogen) atoms. The summed E-state index contributed by atoms with van der Waals surface area (Å²) in [5, 5.41) is 18.9. The molecule has 0 saturated heterocycles.